The fraction of sp³-hybridized carbons (Fsp3) is 0.444. The quantitative estimate of drug-likeness (QED) is 0.701. The molecule has 1 aliphatic rings. The summed E-state index contributed by atoms with van der Waals surface area (Å²) in [5, 5.41) is 9.80. The Morgan fingerprint density at radius 2 is 2.53 bits per heavy atom. The Morgan fingerprint density at radius 3 is 3.29 bits per heavy atom. The average molecular weight is 301 g/mol. The number of nitrogens with one attached hydrogen (secondary N) is 1. The van der Waals surface area contributed by atoms with Gasteiger partial charge in [-0.2, -0.15) is 0 Å². The van der Waals surface area contributed by atoms with Gasteiger partial charge in [-0.15, -0.1) is 0 Å². The number of fused-ring (bicyclic) bond motifs is 1. The molecule has 1 aliphatic heterocycles. The number of rotatable bonds is 2. The normalized spacial score (nSPS) is 24.5. The molecule has 2 aromatic rings. The molecule has 0 spiro atoms. The summed E-state index contributed by atoms with van der Waals surface area (Å²) >= 11 is 0.247. The van der Waals surface area contributed by atoms with Crippen LogP contribution in [0.3, 0.4) is 0 Å². The second-order valence-corrected chi connectivity index (χ2v) is 6.09. The van der Waals surface area contributed by atoms with Crippen molar-refractivity contribution in [1.29, 1.82) is 0 Å². The first kappa shape index (κ1) is 10.9. The molecule has 8 heteroatoms. The van der Waals surface area contributed by atoms with Gasteiger partial charge in [0.1, 0.15) is 0 Å². The molecule has 90 valence electrons. The van der Waals surface area contributed by atoms with Crippen LogP contribution < -0.4 is 5.56 Å². The second-order valence-electron chi connectivity index (χ2n) is 3.59. The number of aliphatic hydroxyl groups excluding tert-OH is 1. The molecule has 0 bridgehead atoms. The van der Waals surface area contributed by atoms with Crippen molar-refractivity contribution in [3.05, 3.63) is 23.0 Å². The van der Waals surface area contributed by atoms with Crippen molar-refractivity contribution in [2.24, 2.45) is 0 Å². The van der Waals surface area contributed by atoms with Gasteiger partial charge in [0.2, 0.25) is 0 Å². The Bertz CT molecular complexity index is 595. The van der Waals surface area contributed by atoms with Gasteiger partial charge in [0.15, 0.2) is 0 Å². The predicted molar refractivity (Wildman–Crippen MR) is 59.7 cm³/mol. The Balaban J connectivity index is 2.02. The van der Waals surface area contributed by atoms with Crippen LogP contribution in [0.15, 0.2) is 17.4 Å². The molecule has 17 heavy (non-hydrogen) atoms. The monoisotopic (exact) mass is 302 g/mol. The maximum atomic E-state index is 11.5. The van der Waals surface area contributed by atoms with Crippen LogP contribution >= 0.6 is 0 Å². The van der Waals surface area contributed by atoms with E-state index in [1.807, 2.05) is 0 Å². The van der Waals surface area contributed by atoms with Gasteiger partial charge in [-0.25, -0.2) is 0 Å². The van der Waals surface area contributed by atoms with Gasteiger partial charge in [-0.3, -0.25) is 0 Å². The van der Waals surface area contributed by atoms with Crippen LogP contribution in [0.1, 0.15) is 6.23 Å². The van der Waals surface area contributed by atoms with Gasteiger partial charge in [-0.1, -0.05) is 0 Å². The van der Waals surface area contributed by atoms with Crippen molar-refractivity contribution >= 4 is 26.1 Å². The van der Waals surface area contributed by atoms with Crippen LogP contribution in [0.25, 0.3) is 11.2 Å². The Hall–Kier alpha value is -1.21. The predicted octanol–water partition coefficient (Wildman–Crippen LogP) is -0.911. The molecule has 0 aromatic carbocycles. The summed E-state index contributed by atoms with van der Waals surface area (Å²) in [7, 11) is 0. The number of aliphatic hydroxyl groups is 1. The summed E-state index contributed by atoms with van der Waals surface area (Å²) in [4.78, 5) is 22.1. The molecule has 0 aliphatic carbocycles. The van der Waals surface area contributed by atoms with E-state index in [4.69, 9.17) is 9.84 Å². The van der Waals surface area contributed by atoms with Crippen LogP contribution in [0.4, 0.5) is 0 Å². The van der Waals surface area contributed by atoms with E-state index in [0.29, 0.717) is 11.2 Å². The molecule has 3 rings (SSSR count). The Kier molecular flexibility index (Phi) is 2.71. The molecule has 3 heterocycles. The van der Waals surface area contributed by atoms with E-state index in [1.54, 1.807) is 10.9 Å². The van der Waals surface area contributed by atoms with Gasteiger partial charge in [0, 0.05) is 0 Å². The topological polar surface area (TPSA) is 93.0 Å². The van der Waals surface area contributed by atoms with Crippen LogP contribution in [-0.4, -0.2) is 51.2 Å². The third-order valence-electron chi connectivity index (χ3n) is 2.56. The molecule has 0 radical (unpaired) electrons. The number of hydrogen-bond acceptors (Lipinski definition) is 5. The molecule has 1 fully saturated rings. The average Bonchev–Trinajstić information content (AvgIpc) is 2.94. The molecule has 0 amide bonds. The number of H-pyrrole nitrogens is 1. The first-order chi connectivity index (χ1) is 8.29. The summed E-state index contributed by atoms with van der Waals surface area (Å²) in [6.45, 7) is 0.0388. The number of aromatic amines is 1. The summed E-state index contributed by atoms with van der Waals surface area (Å²) in [6.07, 6.45) is 2.74. The van der Waals surface area contributed by atoms with Gasteiger partial charge < -0.3 is 0 Å². The molecule has 2 N–H and O–H groups in total. The molecular weight excluding hydrogens is 291 g/mol. The van der Waals surface area contributed by atoms with E-state index in [9.17, 15) is 4.79 Å². The number of aromatic nitrogens is 4. The molecule has 1 saturated heterocycles. The first-order valence-electron chi connectivity index (χ1n) is 5.07. The van der Waals surface area contributed by atoms with Gasteiger partial charge >= 0.3 is 102 Å². The van der Waals surface area contributed by atoms with Crippen LogP contribution in [-0.2, 0) is 4.74 Å². The third kappa shape index (κ3) is 1.79. The van der Waals surface area contributed by atoms with Gasteiger partial charge in [0.05, 0.1) is 0 Å². The van der Waals surface area contributed by atoms with Crippen molar-refractivity contribution < 1.29 is 9.84 Å². The summed E-state index contributed by atoms with van der Waals surface area (Å²) in [5.74, 6) is 0. The fourth-order valence-electron chi connectivity index (χ4n) is 1.76. The molecule has 0 unspecified atom stereocenters. The molecule has 2 atom stereocenters. The standard InChI is InChI=1S/C9H10N4O3Se/c14-1-6-16-5(2-17-6)13-4-12-7-8(13)10-3-11-9(7)15/h3-6,14H,1-2H2,(H,10,11,15)/t5-,6-/m0/s1. The van der Waals surface area contributed by atoms with E-state index in [1.165, 1.54) is 6.33 Å². The minimum atomic E-state index is -0.254. The third-order valence-corrected chi connectivity index (χ3v) is 4.89. The SMILES string of the molecule is O=c1[nH]cnc2c1ncn2[C@@H]1C[Se][C@@H](CO)O1. The van der Waals surface area contributed by atoms with Crippen molar-refractivity contribution in [2.45, 2.75) is 16.5 Å². The second kappa shape index (κ2) is 4.23. The van der Waals surface area contributed by atoms with Crippen LogP contribution in [0.5, 0.6) is 0 Å². The summed E-state index contributed by atoms with van der Waals surface area (Å²) < 4.78 is 7.40. The number of imidazole rings is 1. The van der Waals surface area contributed by atoms with Crippen molar-refractivity contribution in [3.63, 3.8) is 0 Å². The summed E-state index contributed by atoms with van der Waals surface area (Å²) in [5.41, 5.74) is 0.583. The minimum absolute atomic E-state index is 0.0388. The molecule has 2 aromatic heterocycles. The molecule has 0 saturated carbocycles. The van der Waals surface area contributed by atoms with E-state index >= 15 is 0 Å². The zero-order valence-electron chi connectivity index (χ0n) is 8.74. The molecular formula is C9H10N4O3Se. The fourth-order valence-corrected chi connectivity index (χ4v) is 3.71. The summed E-state index contributed by atoms with van der Waals surface area (Å²) in [6, 6.07) is 0. The maximum absolute atomic E-state index is 11.5. The zero-order chi connectivity index (χ0) is 11.8. The van der Waals surface area contributed by atoms with Gasteiger partial charge in [-0.05, 0) is 0 Å². The Labute approximate surface area is 102 Å². The van der Waals surface area contributed by atoms with Gasteiger partial charge in [0.25, 0.3) is 0 Å². The number of ether oxygens (including phenoxy) is 1. The molecule has 7 nitrogen and oxygen atoms in total. The van der Waals surface area contributed by atoms with Crippen LogP contribution in [0, 0.1) is 0 Å². The Morgan fingerprint density at radius 1 is 1.65 bits per heavy atom. The van der Waals surface area contributed by atoms with Crippen LogP contribution in [0.2, 0.25) is 5.32 Å². The van der Waals surface area contributed by atoms with Crippen molar-refractivity contribution in [2.75, 3.05) is 6.61 Å². The van der Waals surface area contributed by atoms with E-state index in [0.717, 1.165) is 5.32 Å². The van der Waals surface area contributed by atoms with E-state index in [-0.39, 0.29) is 38.4 Å². The van der Waals surface area contributed by atoms with Crippen molar-refractivity contribution in [3.8, 4) is 0 Å². The number of nitrogens with zero attached hydrogens (tertiary/aromatic N) is 3. The van der Waals surface area contributed by atoms with Crippen molar-refractivity contribution in [1.82, 2.24) is 19.5 Å². The first-order valence-corrected chi connectivity index (χ1v) is 7.28. The zero-order valence-corrected chi connectivity index (χ0v) is 10.5. The van der Waals surface area contributed by atoms with E-state index < -0.39 is 0 Å². The van der Waals surface area contributed by atoms with E-state index in [2.05, 4.69) is 15.0 Å². The number of hydrogen-bond donors (Lipinski definition) is 2.